The van der Waals surface area contributed by atoms with E-state index in [1.165, 1.54) is 30.5 Å². The predicted molar refractivity (Wildman–Crippen MR) is 91.0 cm³/mol. The Balaban J connectivity index is 1.50. The molecule has 0 aromatic carbocycles. The minimum atomic E-state index is -0.551. The van der Waals surface area contributed by atoms with Crippen molar-refractivity contribution in [2.45, 2.75) is 37.5 Å². The van der Waals surface area contributed by atoms with E-state index in [9.17, 15) is 13.6 Å². The minimum Gasteiger partial charge on any atom is -0.468 e. The Labute approximate surface area is 155 Å². The second kappa shape index (κ2) is 7.56. The first-order chi connectivity index (χ1) is 13.1. The molecule has 2 saturated heterocycles. The van der Waals surface area contributed by atoms with Gasteiger partial charge in [-0.25, -0.2) is 13.8 Å². The van der Waals surface area contributed by atoms with E-state index in [1.807, 2.05) is 0 Å². The zero-order valence-corrected chi connectivity index (χ0v) is 14.6. The Kier molecular flexibility index (Phi) is 4.98. The summed E-state index contributed by atoms with van der Waals surface area (Å²) in [5.41, 5.74) is 0.495. The first kappa shape index (κ1) is 17.8. The molecular weight excluding hydrogens is 356 g/mol. The van der Waals surface area contributed by atoms with Gasteiger partial charge in [0.15, 0.2) is 5.82 Å². The molecule has 0 N–H and O–H groups in total. The molecule has 0 radical (unpaired) electrons. The number of carbonyl (C=O) groups excluding carboxylic acids is 1. The summed E-state index contributed by atoms with van der Waals surface area (Å²) in [6, 6.07) is 5.41. The minimum absolute atomic E-state index is 0.0637. The average molecular weight is 375 g/mol. The van der Waals surface area contributed by atoms with Gasteiger partial charge in [0.05, 0.1) is 25.2 Å². The number of fused-ring (bicyclic) bond motifs is 1. The number of likely N-dealkylation sites (tertiary alicyclic amines) is 1. The fourth-order valence-electron chi connectivity index (χ4n) is 3.67. The zero-order chi connectivity index (χ0) is 18.8. The van der Waals surface area contributed by atoms with Gasteiger partial charge in [0.25, 0.3) is 5.88 Å². The molecule has 0 unspecified atom stereocenters. The number of pyridine rings is 2. The molecule has 4 heterocycles. The maximum absolute atomic E-state index is 13.9. The number of nitrogens with zero attached hydrogens (tertiary/aromatic N) is 3. The maximum atomic E-state index is 13.9. The molecule has 8 heteroatoms. The molecular formula is C19H19F2N3O3. The number of aromatic nitrogens is 2. The Morgan fingerprint density at radius 2 is 2.19 bits per heavy atom. The molecule has 142 valence electrons. The smallest absolute Gasteiger partial charge is 0.250 e. The summed E-state index contributed by atoms with van der Waals surface area (Å²) in [5, 5.41) is 0. The standard InChI is InChI=1S/C19H19F2N3O3/c20-12-5-6-13(23-10-12)9-17(25)24-11-16(18-15(24)4-2-8-26-18)27-19-14(21)3-1-7-22-19/h1,3,5-7,10,15-16,18H,2,4,8-9,11H2/t15-,16-,18+/m1/s1. The molecule has 2 aromatic rings. The second-order valence-electron chi connectivity index (χ2n) is 6.68. The van der Waals surface area contributed by atoms with E-state index in [2.05, 4.69) is 9.97 Å². The highest BCUT2D eigenvalue weighted by molar-refractivity contribution is 5.79. The largest absolute Gasteiger partial charge is 0.468 e. The molecule has 0 aliphatic carbocycles. The quantitative estimate of drug-likeness (QED) is 0.819. The van der Waals surface area contributed by atoms with Crippen molar-refractivity contribution < 1.29 is 23.0 Å². The van der Waals surface area contributed by atoms with Crippen LogP contribution in [0, 0.1) is 11.6 Å². The topological polar surface area (TPSA) is 64.6 Å². The molecule has 27 heavy (non-hydrogen) atoms. The van der Waals surface area contributed by atoms with Gasteiger partial charge in [0.2, 0.25) is 5.91 Å². The lowest BCUT2D eigenvalue weighted by molar-refractivity contribution is -0.134. The summed E-state index contributed by atoms with van der Waals surface area (Å²) >= 11 is 0. The Hall–Kier alpha value is -2.61. The van der Waals surface area contributed by atoms with Crippen LogP contribution >= 0.6 is 0 Å². The van der Waals surface area contributed by atoms with Crippen LogP contribution in [0.4, 0.5) is 8.78 Å². The van der Waals surface area contributed by atoms with Gasteiger partial charge in [-0.15, -0.1) is 0 Å². The summed E-state index contributed by atoms with van der Waals surface area (Å²) in [4.78, 5) is 22.4. The summed E-state index contributed by atoms with van der Waals surface area (Å²) in [7, 11) is 0. The maximum Gasteiger partial charge on any atom is 0.250 e. The van der Waals surface area contributed by atoms with Crippen LogP contribution in [0.2, 0.25) is 0 Å². The van der Waals surface area contributed by atoms with Crippen LogP contribution in [0.5, 0.6) is 5.88 Å². The summed E-state index contributed by atoms with van der Waals surface area (Å²) in [5.74, 6) is -1.23. The summed E-state index contributed by atoms with van der Waals surface area (Å²) in [6.07, 6.45) is 3.41. The molecule has 2 aliphatic rings. The number of ether oxygens (including phenoxy) is 2. The third-order valence-electron chi connectivity index (χ3n) is 4.91. The zero-order valence-electron chi connectivity index (χ0n) is 14.6. The van der Waals surface area contributed by atoms with Crippen LogP contribution in [-0.2, 0) is 16.0 Å². The van der Waals surface area contributed by atoms with Gasteiger partial charge < -0.3 is 14.4 Å². The molecule has 0 bridgehead atoms. The highest BCUT2D eigenvalue weighted by Crippen LogP contribution is 2.32. The number of hydrogen-bond acceptors (Lipinski definition) is 5. The molecule has 1 amide bonds. The first-order valence-electron chi connectivity index (χ1n) is 8.90. The average Bonchev–Trinajstić information content (AvgIpc) is 3.04. The Bertz CT molecular complexity index is 818. The molecule has 6 nitrogen and oxygen atoms in total. The van der Waals surface area contributed by atoms with Crippen molar-refractivity contribution >= 4 is 5.91 Å². The molecule has 2 aromatic heterocycles. The fraction of sp³-hybridized carbons (Fsp3) is 0.421. The van der Waals surface area contributed by atoms with E-state index in [0.717, 1.165) is 19.0 Å². The Morgan fingerprint density at radius 1 is 1.30 bits per heavy atom. The third kappa shape index (κ3) is 3.75. The van der Waals surface area contributed by atoms with Crippen LogP contribution in [0.25, 0.3) is 0 Å². The third-order valence-corrected chi connectivity index (χ3v) is 4.91. The van der Waals surface area contributed by atoms with Crippen LogP contribution in [0.3, 0.4) is 0 Å². The van der Waals surface area contributed by atoms with E-state index < -0.39 is 17.7 Å². The van der Waals surface area contributed by atoms with Crippen molar-refractivity contribution in [2.24, 2.45) is 0 Å². The van der Waals surface area contributed by atoms with Gasteiger partial charge in [-0.05, 0) is 37.1 Å². The number of carbonyl (C=O) groups is 1. The van der Waals surface area contributed by atoms with Gasteiger partial charge >= 0.3 is 0 Å². The molecule has 2 aliphatic heterocycles. The van der Waals surface area contributed by atoms with Crippen molar-refractivity contribution in [3.63, 3.8) is 0 Å². The van der Waals surface area contributed by atoms with Crippen molar-refractivity contribution in [2.75, 3.05) is 13.2 Å². The normalized spacial score (nSPS) is 24.5. The first-order valence-corrected chi connectivity index (χ1v) is 8.90. The predicted octanol–water partition coefficient (Wildman–Crippen LogP) is 2.13. The van der Waals surface area contributed by atoms with E-state index in [4.69, 9.17) is 9.47 Å². The lowest BCUT2D eigenvalue weighted by Crippen LogP contribution is -2.44. The fourth-order valence-corrected chi connectivity index (χ4v) is 3.67. The van der Waals surface area contributed by atoms with E-state index in [1.54, 1.807) is 4.90 Å². The monoisotopic (exact) mass is 375 g/mol. The van der Waals surface area contributed by atoms with Crippen LogP contribution < -0.4 is 4.74 Å². The van der Waals surface area contributed by atoms with Gasteiger partial charge in [0, 0.05) is 18.5 Å². The number of hydrogen-bond donors (Lipinski definition) is 0. The van der Waals surface area contributed by atoms with Crippen molar-refractivity contribution in [1.29, 1.82) is 0 Å². The molecule has 2 fully saturated rings. The lowest BCUT2D eigenvalue weighted by atomic mass is 10.0. The van der Waals surface area contributed by atoms with Gasteiger partial charge in [-0.1, -0.05) is 0 Å². The van der Waals surface area contributed by atoms with E-state index in [0.29, 0.717) is 12.3 Å². The second-order valence-corrected chi connectivity index (χ2v) is 6.68. The van der Waals surface area contributed by atoms with Crippen molar-refractivity contribution in [1.82, 2.24) is 14.9 Å². The molecule has 0 saturated carbocycles. The number of rotatable bonds is 4. The number of halogens is 2. The summed E-state index contributed by atoms with van der Waals surface area (Å²) in [6.45, 7) is 0.860. The van der Waals surface area contributed by atoms with Crippen molar-refractivity contribution in [3.05, 3.63) is 54.0 Å². The van der Waals surface area contributed by atoms with Gasteiger partial charge in [0.1, 0.15) is 18.0 Å². The molecule has 3 atom stereocenters. The lowest BCUT2D eigenvalue weighted by Gasteiger charge is -2.32. The highest BCUT2D eigenvalue weighted by Gasteiger charge is 2.47. The Morgan fingerprint density at radius 3 is 2.96 bits per heavy atom. The van der Waals surface area contributed by atoms with Crippen LogP contribution in [0.1, 0.15) is 18.5 Å². The number of amides is 1. The van der Waals surface area contributed by atoms with Crippen molar-refractivity contribution in [3.8, 4) is 5.88 Å². The highest BCUT2D eigenvalue weighted by atomic mass is 19.1. The van der Waals surface area contributed by atoms with Crippen LogP contribution in [0.15, 0.2) is 36.7 Å². The SMILES string of the molecule is O=C(Cc1ccc(F)cn1)N1C[C@@H](Oc2ncccc2F)[C@H]2OCCC[C@H]21. The van der Waals surface area contributed by atoms with Gasteiger partial charge in [-0.2, -0.15) is 0 Å². The summed E-state index contributed by atoms with van der Waals surface area (Å²) < 4.78 is 38.5. The van der Waals surface area contributed by atoms with E-state index in [-0.39, 0.29) is 36.9 Å². The van der Waals surface area contributed by atoms with Crippen LogP contribution in [-0.4, -0.2) is 52.2 Å². The van der Waals surface area contributed by atoms with Gasteiger partial charge in [-0.3, -0.25) is 9.78 Å². The molecule has 0 spiro atoms. The van der Waals surface area contributed by atoms with E-state index >= 15 is 0 Å². The molecule has 4 rings (SSSR count).